The van der Waals surface area contributed by atoms with Crippen LogP contribution in [-0.2, 0) is 0 Å². The fourth-order valence-corrected chi connectivity index (χ4v) is 8.74. The van der Waals surface area contributed by atoms with Crippen molar-refractivity contribution in [3.05, 3.63) is 224 Å². The summed E-state index contributed by atoms with van der Waals surface area (Å²) in [5, 5.41) is 4.89. The lowest BCUT2D eigenvalue weighted by molar-refractivity contribution is 1.14. The van der Waals surface area contributed by atoms with Crippen LogP contribution in [-0.4, -0.2) is 9.13 Å². The van der Waals surface area contributed by atoms with E-state index in [4.69, 9.17) is 0 Å². The Morgan fingerprint density at radius 1 is 0.263 bits per heavy atom. The van der Waals surface area contributed by atoms with Crippen LogP contribution in [0.3, 0.4) is 0 Å². The molecule has 0 aliphatic heterocycles. The van der Waals surface area contributed by atoms with E-state index in [-0.39, 0.29) is 0 Å². The van der Waals surface area contributed by atoms with Gasteiger partial charge in [-0.25, -0.2) is 0 Å². The van der Waals surface area contributed by atoms with Gasteiger partial charge in [-0.2, -0.15) is 0 Å². The maximum Gasteiger partial charge on any atom is 0.0788 e. The van der Waals surface area contributed by atoms with Crippen molar-refractivity contribution in [1.29, 1.82) is 0 Å². The van der Waals surface area contributed by atoms with Crippen LogP contribution in [0, 0.1) is 0 Å². The summed E-state index contributed by atoms with van der Waals surface area (Å²) in [4.78, 5) is 2.34. The third kappa shape index (κ3) is 5.51. The van der Waals surface area contributed by atoms with Gasteiger partial charge < -0.3 is 14.0 Å². The summed E-state index contributed by atoms with van der Waals surface area (Å²) in [5.41, 5.74) is 15.0. The molecule has 3 heteroatoms. The zero-order valence-electron chi connectivity index (χ0n) is 31.2. The number of hydrogen-bond donors (Lipinski definition) is 0. The molecular formula is C54H37N3. The zero-order chi connectivity index (χ0) is 37.7. The molecule has 11 aromatic rings. The highest BCUT2D eigenvalue weighted by Crippen LogP contribution is 2.44. The standard InChI is InChI=1S/C54H37N3/c1-5-18-38(19-6-1)40-34-41(39-20-7-2-8-21-39)36-46(35-40)57-52-31-16-14-29-48(52)50-33-32-49-47-28-13-15-30-51(47)56(53(49)54(50)57)45-27-17-26-44(37-45)55(42-22-9-3-10-23-42)43-24-11-4-12-25-43/h1-37H. The maximum atomic E-state index is 2.51. The van der Waals surface area contributed by atoms with Gasteiger partial charge in [0.15, 0.2) is 0 Å². The highest BCUT2D eigenvalue weighted by atomic mass is 15.1. The zero-order valence-corrected chi connectivity index (χ0v) is 31.2. The predicted octanol–water partition coefficient (Wildman–Crippen LogP) is 14.7. The second kappa shape index (κ2) is 13.6. The molecule has 9 aromatic carbocycles. The van der Waals surface area contributed by atoms with Crippen molar-refractivity contribution >= 4 is 60.7 Å². The van der Waals surface area contributed by atoms with E-state index in [1.54, 1.807) is 0 Å². The Morgan fingerprint density at radius 2 is 0.684 bits per heavy atom. The summed E-state index contributed by atoms with van der Waals surface area (Å²) >= 11 is 0. The molecule has 0 fully saturated rings. The number of para-hydroxylation sites is 4. The van der Waals surface area contributed by atoms with Crippen molar-refractivity contribution in [3.8, 4) is 33.6 Å². The lowest BCUT2D eigenvalue weighted by Crippen LogP contribution is -2.10. The average molecular weight is 728 g/mol. The molecule has 0 bridgehead atoms. The molecule has 0 atom stereocenters. The van der Waals surface area contributed by atoms with E-state index in [2.05, 4.69) is 238 Å². The Morgan fingerprint density at radius 3 is 1.19 bits per heavy atom. The molecule has 0 saturated carbocycles. The topological polar surface area (TPSA) is 13.1 Å². The molecule has 3 nitrogen and oxygen atoms in total. The van der Waals surface area contributed by atoms with Gasteiger partial charge >= 0.3 is 0 Å². The smallest absolute Gasteiger partial charge is 0.0788 e. The minimum atomic E-state index is 1.09. The minimum absolute atomic E-state index is 1.09. The first-order chi connectivity index (χ1) is 28.3. The summed E-state index contributed by atoms with van der Waals surface area (Å²) in [6, 6.07) is 81.1. The van der Waals surface area contributed by atoms with Crippen molar-refractivity contribution in [3.63, 3.8) is 0 Å². The molecular weight excluding hydrogens is 691 g/mol. The molecule has 0 N–H and O–H groups in total. The summed E-state index contributed by atoms with van der Waals surface area (Å²) in [6.07, 6.45) is 0. The minimum Gasteiger partial charge on any atom is -0.310 e. The number of fused-ring (bicyclic) bond motifs is 7. The Balaban J connectivity index is 1.24. The fourth-order valence-electron chi connectivity index (χ4n) is 8.74. The molecule has 57 heavy (non-hydrogen) atoms. The lowest BCUT2D eigenvalue weighted by atomic mass is 9.98. The van der Waals surface area contributed by atoms with Gasteiger partial charge in [0.05, 0.1) is 22.1 Å². The van der Waals surface area contributed by atoms with E-state index >= 15 is 0 Å². The number of benzene rings is 9. The van der Waals surface area contributed by atoms with Gasteiger partial charge in [-0.05, 0) is 95.1 Å². The largest absolute Gasteiger partial charge is 0.310 e. The third-order valence-corrected chi connectivity index (χ3v) is 11.2. The van der Waals surface area contributed by atoms with Crippen LogP contribution < -0.4 is 4.90 Å². The number of hydrogen-bond acceptors (Lipinski definition) is 1. The van der Waals surface area contributed by atoms with E-state index in [1.807, 2.05) is 0 Å². The van der Waals surface area contributed by atoms with Crippen LogP contribution in [0.4, 0.5) is 17.1 Å². The highest BCUT2D eigenvalue weighted by Gasteiger charge is 2.22. The molecule has 0 amide bonds. The van der Waals surface area contributed by atoms with Gasteiger partial charge in [-0.15, -0.1) is 0 Å². The van der Waals surface area contributed by atoms with E-state index < -0.39 is 0 Å². The SMILES string of the molecule is c1ccc(-c2cc(-c3ccccc3)cc(-n3c4ccccc4c4ccc5c6ccccc6n(-c6cccc(N(c7ccccc7)c7ccccc7)c6)c5c43)c2)cc1. The summed E-state index contributed by atoms with van der Waals surface area (Å²) in [7, 11) is 0. The number of anilines is 3. The lowest BCUT2D eigenvalue weighted by Gasteiger charge is -2.26. The molecule has 0 aliphatic carbocycles. The normalized spacial score (nSPS) is 11.5. The van der Waals surface area contributed by atoms with Gasteiger partial charge in [-0.1, -0.05) is 152 Å². The summed E-state index contributed by atoms with van der Waals surface area (Å²) < 4.78 is 4.99. The molecule has 268 valence electrons. The van der Waals surface area contributed by atoms with Crippen molar-refractivity contribution in [2.24, 2.45) is 0 Å². The van der Waals surface area contributed by atoms with E-state index in [0.717, 1.165) is 28.4 Å². The van der Waals surface area contributed by atoms with Crippen LogP contribution in [0.5, 0.6) is 0 Å². The molecule has 2 heterocycles. The fraction of sp³-hybridized carbons (Fsp3) is 0. The van der Waals surface area contributed by atoms with Crippen molar-refractivity contribution < 1.29 is 0 Å². The van der Waals surface area contributed by atoms with Crippen molar-refractivity contribution in [2.75, 3.05) is 4.90 Å². The Labute approximate surface area is 331 Å². The van der Waals surface area contributed by atoms with E-state index in [9.17, 15) is 0 Å². The van der Waals surface area contributed by atoms with E-state index in [1.165, 1.54) is 65.9 Å². The van der Waals surface area contributed by atoms with Gasteiger partial charge in [0.1, 0.15) is 0 Å². The van der Waals surface area contributed by atoms with Crippen LogP contribution in [0.2, 0.25) is 0 Å². The molecule has 0 radical (unpaired) electrons. The predicted molar refractivity (Wildman–Crippen MR) is 241 cm³/mol. The second-order valence-electron chi connectivity index (χ2n) is 14.6. The van der Waals surface area contributed by atoms with Gasteiger partial charge in [0.2, 0.25) is 0 Å². The number of rotatable bonds is 7. The first kappa shape index (κ1) is 32.8. The summed E-state index contributed by atoms with van der Waals surface area (Å²) in [5.74, 6) is 0. The number of aromatic nitrogens is 2. The Kier molecular flexibility index (Phi) is 7.82. The molecule has 0 aliphatic rings. The molecule has 11 rings (SSSR count). The van der Waals surface area contributed by atoms with Crippen molar-refractivity contribution in [1.82, 2.24) is 9.13 Å². The molecule has 0 saturated heterocycles. The van der Waals surface area contributed by atoms with Crippen LogP contribution in [0.25, 0.3) is 77.2 Å². The average Bonchev–Trinajstić information content (AvgIpc) is 3.81. The van der Waals surface area contributed by atoms with Crippen LogP contribution >= 0.6 is 0 Å². The first-order valence-electron chi connectivity index (χ1n) is 19.5. The van der Waals surface area contributed by atoms with Gasteiger partial charge in [0, 0.05) is 50.0 Å². The van der Waals surface area contributed by atoms with Crippen LogP contribution in [0.1, 0.15) is 0 Å². The first-order valence-corrected chi connectivity index (χ1v) is 19.5. The number of nitrogens with zero attached hydrogens (tertiary/aromatic N) is 3. The molecule has 0 spiro atoms. The maximum absolute atomic E-state index is 2.51. The second-order valence-corrected chi connectivity index (χ2v) is 14.6. The molecule has 0 unspecified atom stereocenters. The van der Waals surface area contributed by atoms with Gasteiger partial charge in [-0.3, -0.25) is 0 Å². The quantitative estimate of drug-likeness (QED) is 0.159. The Bertz CT molecular complexity index is 3120. The molecule has 2 aromatic heterocycles. The van der Waals surface area contributed by atoms with Gasteiger partial charge in [0.25, 0.3) is 0 Å². The van der Waals surface area contributed by atoms with Crippen LogP contribution in [0.15, 0.2) is 224 Å². The summed E-state index contributed by atoms with van der Waals surface area (Å²) in [6.45, 7) is 0. The van der Waals surface area contributed by atoms with E-state index in [0.29, 0.717) is 0 Å². The third-order valence-electron chi connectivity index (χ3n) is 11.2. The van der Waals surface area contributed by atoms with Crippen molar-refractivity contribution in [2.45, 2.75) is 0 Å². The monoisotopic (exact) mass is 727 g/mol. The highest BCUT2D eigenvalue weighted by molar-refractivity contribution is 6.24. The Hall–Kier alpha value is -7.62.